The maximum absolute atomic E-state index is 12.4. The number of anilines is 1. The first kappa shape index (κ1) is 14.2. The molecular formula is C14H18N2O4. The lowest BCUT2D eigenvalue weighted by molar-refractivity contribution is -0.138. The standard InChI is InChI=1S/C14H18N2O4/c1-20-10-2-3-12(15)11(7-10)14(19)16-5-4-9(8-16)6-13(17)18/h2-3,7,9H,4-6,8,15H2,1H3,(H,17,18). The molecule has 1 aromatic rings. The maximum Gasteiger partial charge on any atom is 0.303 e. The molecule has 1 heterocycles. The molecule has 108 valence electrons. The normalized spacial score (nSPS) is 18.1. The van der Waals surface area contributed by atoms with Crippen LogP contribution >= 0.6 is 0 Å². The first-order valence-corrected chi connectivity index (χ1v) is 6.46. The van der Waals surface area contributed by atoms with E-state index in [0.717, 1.165) is 0 Å². The summed E-state index contributed by atoms with van der Waals surface area (Å²) in [5.41, 5.74) is 6.63. The van der Waals surface area contributed by atoms with Crippen LogP contribution in [0.3, 0.4) is 0 Å². The SMILES string of the molecule is COc1ccc(N)c(C(=O)N2CCC(CC(=O)O)C2)c1. The predicted molar refractivity (Wildman–Crippen MR) is 73.7 cm³/mol. The van der Waals surface area contributed by atoms with Gasteiger partial charge < -0.3 is 20.5 Å². The number of nitrogens with zero attached hydrogens (tertiary/aromatic N) is 1. The molecule has 1 atom stereocenters. The number of likely N-dealkylation sites (tertiary alicyclic amines) is 1. The summed E-state index contributed by atoms with van der Waals surface area (Å²) in [7, 11) is 1.53. The summed E-state index contributed by atoms with van der Waals surface area (Å²) in [6, 6.07) is 4.95. The van der Waals surface area contributed by atoms with Crippen LogP contribution in [0.15, 0.2) is 18.2 Å². The van der Waals surface area contributed by atoms with E-state index >= 15 is 0 Å². The van der Waals surface area contributed by atoms with Crippen LogP contribution < -0.4 is 10.5 Å². The number of carboxylic acids is 1. The first-order valence-electron chi connectivity index (χ1n) is 6.46. The molecule has 1 aliphatic heterocycles. The Labute approximate surface area is 117 Å². The van der Waals surface area contributed by atoms with Gasteiger partial charge >= 0.3 is 5.97 Å². The van der Waals surface area contributed by atoms with E-state index in [1.807, 2.05) is 0 Å². The number of carbonyl (C=O) groups excluding carboxylic acids is 1. The maximum atomic E-state index is 12.4. The number of hydrogen-bond donors (Lipinski definition) is 2. The molecule has 0 bridgehead atoms. The van der Waals surface area contributed by atoms with Crippen LogP contribution in [0, 0.1) is 5.92 Å². The van der Waals surface area contributed by atoms with Crippen molar-refractivity contribution in [2.45, 2.75) is 12.8 Å². The van der Waals surface area contributed by atoms with Crippen LogP contribution in [0.1, 0.15) is 23.2 Å². The van der Waals surface area contributed by atoms with Gasteiger partial charge in [-0.3, -0.25) is 9.59 Å². The third kappa shape index (κ3) is 3.01. The molecule has 6 heteroatoms. The van der Waals surface area contributed by atoms with Gasteiger partial charge in [0.25, 0.3) is 5.91 Å². The molecule has 2 rings (SSSR count). The van der Waals surface area contributed by atoms with E-state index in [-0.39, 0.29) is 18.2 Å². The van der Waals surface area contributed by atoms with E-state index in [4.69, 9.17) is 15.6 Å². The Balaban J connectivity index is 2.10. The summed E-state index contributed by atoms with van der Waals surface area (Å²) in [4.78, 5) is 24.8. The van der Waals surface area contributed by atoms with E-state index in [9.17, 15) is 9.59 Å². The number of rotatable bonds is 4. The molecule has 1 fully saturated rings. The van der Waals surface area contributed by atoms with Crippen molar-refractivity contribution in [3.05, 3.63) is 23.8 Å². The van der Waals surface area contributed by atoms with E-state index in [2.05, 4.69) is 0 Å². The Morgan fingerprint density at radius 1 is 1.50 bits per heavy atom. The molecule has 1 aliphatic rings. The second-order valence-corrected chi connectivity index (χ2v) is 4.96. The molecule has 0 spiro atoms. The van der Waals surface area contributed by atoms with Crippen LogP contribution in [0.25, 0.3) is 0 Å². The molecule has 1 amide bonds. The predicted octanol–water partition coefficient (Wildman–Crippen LogP) is 1.21. The van der Waals surface area contributed by atoms with Gasteiger partial charge in [-0.05, 0) is 30.5 Å². The summed E-state index contributed by atoms with van der Waals surface area (Å²) in [6.45, 7) is 1.02. The minimum absolute atomic E-state index is 0.0169. The highest BCUT2D eigenvalue weighted by Crippen LogP contribution is 2.25. The van der Waals surface area contributed by atoms with Gasteiger partial charge in [-0.2, -0.15) is 0 Å². The number of nitrogens with two attached hydrogens (primary N) is 1. The zero-order valence-corrected chi connectivity index (χ0v) is 11.3. The summed E-state index contributed by atoms with van der Waals surface area (Å²) >= 11 is 0. The van der Waals surface area contributed by atoms with Gasteiger partial charge in [0, 0.05) is 25.2 Å². The largest absolute Gasteiger partial charge is 0.497 e. The van der Waals surface area contributed by atoms with Gasteiger partial charge in [-0.1, -0.05) is 0 Å². The van der Waals surface area contributed by atoms with Gasteiger partial charge in [0.05, 0.1) is 12.7 Å². The minimum atomic E-state index is -0.829. The van der Waals surface area contributed by atoms with Crippen molar-refractivity contribution in [3.8, 4) is 5.75 Å². The third-order valence-electron chi connectivity index (χ3n) is 3.53. The highest BCUT2D eigenvalue weighted by atomic mass is 16.5. The number of amides is 1. The molecule has 0 radical (unpaired) electrons. The van der Waals surface area contributed by atoms with Crippen molar-refractivity contribution in [2.24, 2.45) is 5.92 Å². The number of nitrogen functional groups attached to an aromatic ring is 1. The first-order chi connectivity index (χ1) is 9.51. The Kier molecular flexibility index (Phi) is 4.12. The number of aliphatic carboxylic acids is 1. The zero-order valence-electron chi connectivity index (χ0n) is 11.3. The topological polar surface area (TPSA) is 92.9 Å². The van der Waals surface area contributed by atoms with Crippen LogP contribution in [0.5, 0.6) is 5.75 Å². The van der Waals surface area contributed by atoms with Gasteiger partial charge in [-0.25, -0.2) is 0 Å². The summed E-state index contributed by atoms with van der Waals surface area (Å²) < 4.78 is 5.09. The highest BCUT2D eigenvalue weighted by Gasteiger charge is 2.29. The lowest BCUT2D eigenvalue weighted by Crippen LogP contribution is -2.29. The number of methoxy groups -OCH3 is 1. The lowest BCUT2D eigenvalue weighted by atomic mass is 10.1. The van der Waals surface area contributed by atoms with E-state index in [1.165, 1.54) is 7.11 Å². The smallest absolute Gasteiger partial charge is 0.303 e. The third-order valence-corrected chi connectivity index (χ3v) is 3.53. The number of hydrogen-bond acceptors (Lipinski definition) is 4. The van der Waals surface area contributed by atoms with Crippen LogP contribution in [-0.4, -0.2) is 42.1 Å². The van der Waals surface area contributed by atoms with Crippen molar-refractivity contribution >= 4 is 17.6 Å². The Morgan fingerprint density at radius 3 is 2.90 bits per heavy atom. The van der Waals surface area contributed by atoms with Crippen molar-refractivity contribution in [2.75, 3.05) is 25.9 Å². The van der Waals surface area contributed by atoms with Gasteiger partial charge in [0.2, 0.25) is 0 Å². The fourth-order valence-corrected chi connectivity index (χ4v) is 2.45. The van der Waals surface area contributed by atoms with Gasteiger partial charge in [0.15, 0.2) is 0 Å². The Hall–Kier alpha value is -2.24. The monoisotopic (exact) mass is 278 g/mol. The minimum Gasteiger partial charge on any atom is -0.497 e. The molecule has 3 N–H and O–H groups in total. The average molecular weight is 278 g/mol. The second kappa shape index (κ2) is 5.81. The Morgan fingerprint density at radius 2 is 2.25 bits per heavy atom. The van der Waals surface area contributed by atoms with Crippen molar-refractivity contribution in [1.82, 2.24) is 4.90 Å². The van der Waals surface area contributed by atoms with Gasteiger partial charge in [-0.15, -0.1) is 0 Å². The van der Waals surface area contributed by atoms with Gasteiger partial charge in [0.1, 0.15) is 5.75 Å². The average Bonchev–Trinajstić information content (AvgIpc) is 2.86. The fourth-order valence-electron chi connectivity index (χ4n) is 2.45. The molecule has 1 saturated heterocycles. The Bertz CT molecular complexity index is 530. The number of carboxylic acid groups (broad SMARTS) is 1. The highest BCUT2D eigenvalue weighted by molar-refractivity contribution is 5.99. The van der Waals surface area contributed by atoms with Crippen molar-refractivity contribution < 1.29 is 19.4 Å². The number of carbonyl (C=O) groups is 2. The molecule has 0 saturated carbocycles. The second-order valence-electron chi connectivity index (χ2n) is 4.96. The molecule has 0 aromatic heterocycles. The number of ether oxygens (including phenoxy) is 1. The summed E-state index contributed by atoms with van der Waals surface area (Å²) in [5, 5.41) is 8.79. The molecule has 20 heavy (non-hydrogen) atoms. The van der Waals surface area contributed by atoms with E-state index < -0.39 is 5.97 Å². The zero-order chi connectivity index (χ0) is 14.7. The van der Waals surface area contributed by atoms with Crippen LogP contribution in [0.2, 0.25) is 0 Å². The summed E-state index contributed by atoms with van der Waals surface area (Å²) in [5.74, 6) is -0.411. The quantitative estimate of drug-likeness (QED) is 0.808. The van der Waals surface area contributed by atoms with Crippen molar-refractivity contribution in [3.63, 3.8) is 0 Å². The number of benzene rings is 1. The summed E-state index contributed by atoms with van der Waals surface area (Å²) in [6.07, 6.45) is 0.805. The molecule has 0 aliphatic carbocycles. The molecule has 1 aromatic carbocycles. The molecule has 1 unspecified atom stereocenters. The van der Waals surface area contributed by atoms with Crippen LogP contribution in [-0.2, 0) is 4.79 Å². The van der Waals surface area contributed by atoms with Crippen molar-refractivity contribution in [1.29, 1.82) is 0 Å². The molecule has 6 nitrogen and oxygen atoms in total. The molecular weight excluding hydrogens is 260 g/mol. The fraction of sp³-hybridized carbons (Fsp3) is 0.429. The lowest BCUT2D eigenvalue weighted by Gasteiger charge is -2.18. The van der Waals surface area contributed by atoms with E-state index in [1.54, 1.807) is 23.1 Å². The van der Waals surface area contributed by atoms with E-state index in [0.29, 0.717) is 36.5 Å². The van der Waals surface area contributed by atoms with Crippen LogP contribution in [0.4, 0.5) is 5.69 Å².